The summed E-state index contributed by atoms with van der Waals surface area (Å²) in [6.45, 7) is 9.62. The van der Waals surface area contributed by atoms with Crippen molar-refractivity contribution in [1.29, 1.82) is 0 Å². The van der Waals surface area contributed by atoms with E-state index in [-0.39, 0.29) is 30.7 Å². The van der Waals surface area contributed by atoms with Crippen LogP contribution in [0.25, 0.3) is 0 Å². The van der Waals surface area contributed by atoms with Crippen molar-refractivity contribution in [2.45, 2.75) is 90.8 Å². The molecule has 0 aromatic heterocycles. The number of benzene rings is 1. The predicted molar refractivity (Wildman–Crippen MR) is 137 cm³/mol. The molecule has 1 aromatic carbocycles. The highest BCUT2D eigenvalue weighted by molar-refractivity contribution is 5.92. The maximum Gasteiger partial charge on any atom is 0.408 e. The summed E-state index contributed by atoms with van der Waals surface area (Å²) in [5.41, 5.74) is 4.77. The Morgan fingerprint density at radius 1 is 1.08 bits per heavy atom. The van der Waals surface area contributed by atoms with Gasteiger partial charge in [-0.3, -0.25) is 14.4 Å². The minimum absolute atomic E-state index is 0.0685. The monoisotopic (exact) mass is 506 g/mol. The first-order valence-corrected chi connectivity index (χ1v) is 12.5. The molecule has 1 aromatic rings. The molecule has 0 saturated heterocycles. The molecule has 0 aliphatic heterocycles. The highest BCUT2D eigenvalue weighted by Gasteiger charge is 2.37. The van der Waals surface area contributed by atoms with Gasteiger partial charge >= 0.3 is 6.09 Å². The number of nitrogens with zero attached hydrogens (tertiary/aromatic N) is 1. The zero-order chi connectivity index (χ0) is 27.3. The van der Waals surface area contributed by atoms with Gasteiger partial charge in [0, 0.05) is 25.1 Å². The average Bonchev–Trinajstić information content (AvgIpc) is 2.78. The Morgan fingerprint density at radius 3 is 2.28 bits per heavy atom. The van der Waals surface area contributed by atoms with Crippen LogP contribution in [0, 0.1) is 0 Å². The molecule has 0 bridgehead atoms. The number of para-hydroxylation sites is 1. The third kappa shape index (κ3) is 10.5. The van der Waals surface area contributed by atoms with Crippen molar-refractivity contribution >= 4 is 23.8 Å². The fraction of sp³-hybridized carbons (Fsp3) is 0.615. The molecular weight excluding hydrogens is 464 g/mol. The van der Waals surface area contributed by atoms with Crippen LogP contribution in [0.3, 0.4) is 0 Å². The van der Waals surface area contributed by atoms with Crippen LogP contribution in [0.1, 0.15) is 84.7 Å². The van der Waals surface area contributed by atoms with Crippen molar-refractivity contribution in [3.63, 3.8) is 0 Å². The number of hydrogen-bond acceptors (Lipinski definition) is 6. The number of unbranched alkanes of at least 4 members (excludes halogenated alkanes) is 2. The maximum atomic E-state index is 13.9. The second kappa shape index (κ2) is 15.0. The van der Waals surface area contributed by atoms with Gasteiger partial charge in [-0.1, -0.05) is 44.9 Å². The van der Waals surface area contributed by atoms with Gasteiger partial charge in [-0.05, 0) is 46.1 Å². The number of rotatable bonds is 14. The SMILES string of the molecule is CCCCNC(=O)C(c1ccccc1O)N(CCCC)C(=O)C(CCC(N)=O)NC(=O)OC(C)(C)C. The van der Waals surface area contributed by atoms with Gasteiger partial charge in [0.1, 0.15) is 23.4 Å². The van der Waals surface area contributed by atoms with E-state index in [4.69, 9.17) is 10.5 Å². The number of phenols is 1. The molecule has 0 spiro atoms. The highest BCUT2D eigenvalue weighted by Crippen LogP contribution is 2.30. The average molecular weight is 507 g/mol. The molecule has 2 atom stereocenters. The van der Waals surface area contributed by atoms with Gasteiger partial charge in [0.15, 0.2) is 0 Å². The van der Waals surface area contributed by atoms with Crippen molar-refractivity contribution in [1.82, 2.24) is 15.5 Å². The van der Waals surface area contributed by atoms with E-state index in [9.17, 15) is 24.3 Å². The number of amides is 4. The molecule has 10 nitrogen and oxygen atoms in total. The number of alkyl carbamates (subject to hydrolysis) is 1. The molecule has 202 valence electrons. The number of carbonyl (C=O) groups is 4. The lowest BCUT2D eigenvalue weighted by atomic mass is 10.00. The molecule has 5 N–H and O–H groups in total. The van der Waals surface area contributed by atoms with Gasteiger partial charge in [-0.25, -0.2) is 4.79 Å². The molecule has 0 aliphatic rings. The second-order valence-electron chi connectivity index (χ2n) is 9.69. The van der Waals surface area contributed by atoms with E-state index >= 15 is 0 Å². The Kier molecular flexibility index (Phi) is 12.8. The summed E-state index contributed by atoms with van der Waals surface area (Å²) in [4.78, 5) is 52.6. The number of hydrogen-bond donors (Lipinski definition) is 4. The first-order valence-electron chi connectivity index (χ1n) is 12.5. The van der Waals surface area contributed by atoms with Gasteiger partial charge < -0.3 is 31.1 Å². The smallest absolute Gasteiger partial charge is 0.408 e. The summed E-state index contributed by atoms with van der Waals surface area (Å²) >= 11 is 0. The normalized spacial score (nSPS) is 12.8. The van der Waals surface area contributed by atoms with Crippen LogP contribution >= 0.6 is 0 Å². The third-order valence-corrected chi connectivity index (χ3v) is 5.33. The van der Waals surface area contributed by atoms with Gasteiger partial charge in [0.2, 0.25) is 17.7 Å². The minimum atomic E-state index is -1.17. The first-order chi connectivity index (χ1) is 16.9. The first kappa shape index (κ1) is 30.7. The van der Waals surface area contributed by atoms with Crippen molar-refractivity contribution in [3.05, 3.63) is 29.8 Å². The summed E-state index contributed by atoms with van der Waals surface area (Å²) in [7, 11) is 0. The lowest BCUT2D eigenvalue weighted by Gasteiger charge is -2.34. The van der Waals surface area contributed by atoms with Gasteiger partial charge in [-0.2, -0.15) is 0 Å². The fourth-order valence-corrected chi connectivity index (χ4v) is 3.54. The van der Waals surface area contributed by atoms with E-state index in [2.05, 4.69) is 10.6 Å². The topological polar surface area (TPSA) is 151 Å². The maximum absolute atomic E-state index is 13.9. The van der Waals surface area contributed by atoms with E-state index in [1.54, 1.807) is 39.0 Å². The van der Waals surface area contributed by atoms with Crippen molar-refractivity contribution in [2.24, 2.45) is 5.73 Å². The number of primary amides is 1. The Balaban J connectivity index is 3.44. The van der Waals surface area contributed by atoms with Crippen LogP contribution in [0.2, 0.25) is 0 Å². The van der Waals surface area contributed by atoms with Crippen LogP contribution in [-0.4, -0.2) is 58.6 Å². The molecule has 0 saturated carbocycles. The summed E-state index contributed by atoms with van der Waals surface area (Å²) in [6, 6.07) is 4.04. The van der Waals surface area contributed by atoms with Crippen LogP contribution in [-0.2, 0) is 19.1 Å². The molecule has 2 unspecified atom stereocenters. The van der Waals surface area contributed by atoms with Gasteiger partial charge in [0.25, 0.3) is 0 Å². The number of aromatic hydroxyl groups is 1. The lowest BCUT2D eigenvalue weighted by molar-refractivity contribution is -0.143. The van der Waals surface area contributed by atoms with E-state index < -0.39 is 41.5 Å². The quantitative estimate of drug-likeness (QED) is 0.285. The summed E-state index contributed by atoms with van der Waals surface area (Å²) in [6.07, 6.45) is 1.89. The largest absolute Gasteiger partial charge is 0.508 e. The van der Waals surface area contributed by atoms with Crippen LogP contribution in [0.15, 0.2) is 24.3 Å². The molecule has 0 fully saturated rings. The van der Waals surface area contributed by atoms with Crippen molar-refractivity contribution in [2.75, 3.05) is 13.1 Å². The van der Waals surface area contributed by atoms with Gasteiger partial charge in [-0.15, -0.1) is 0 Å². The summed E-state index contributed by atoms with van der Waals surface area (Å²) in [5, 5.41) is 16.0. The van der Waals surface area contributed by atoms with Crippen LogP contribution < -0.4 is 16.4 Å². The molecule has 10 heteroatoms. The molecule has 0 heterocycles. The molecule has 4 amide bonds. The Morgan fingerprint density at radius 2 is 1.72 bits per heavy atom. The standard InChI is InChI=1S/C26H42N4O6/c1-6-8-16-28-23(33)22(18-12-10-11-13-20(18)31)30(17-9-7-2)24(34)19(14-15-21(27)32)29-25(35)36-26(3,4)5/h10-13,19,22,31H,6-9,14-17H2,1-5H3,(H2,27,32)(H,28,33)(H,29,35). The number of phenolic OH excluding ortho intramolecular Hbond substituents is 1. The lowest BCUT2D eigenvalue weighted by Crippen LogP contribution is -2.53. The van der Waals surface area contributed by atoms with E-state index in [1.165, 1.54) is 11.0 Å². The molecular formula is C26H42N4O6. The molecule has 0 aliphatic carbocycles. The molecule has 1 rings (SSSR count). The minimum Gasteiger partial charge on any atom is -0.508 e. The summed E-state index contributed by atoms with van der Waals surface area (Å²) < 4.78 is 5.31. The zero-order valence-corrected chi connectivity index (χ0v) is 22.1. The third-order valence-electron chi connectivity index (χ3n) is 5.33. The number of nitrogens with one attached hydrogen (secondary N) is 2. The Bertz CT molecular complexity index is 883. The fourth-order valence-electron chi connectivity index (χ4n) is 3.54. The van der Waals surface area contributed by atoms with Crippen molar-refractivity contribution < 1.29 is 29.0 Å². The Labute approximate surface area is 213 Å². The van der Waals surface area contributed by atoms with Crippen LogP contribution in [0.5, 0.6) is 5.75 Å². The number of carbonyl (C=O) groups excluding carboxylic acids is 4. The van der Waals surface area contributed by atoms with E-state index in [0.717, 1.165) is 19.3 Å². The summed E-state index contributed by atoms with van der Waals surface area (Å²) in [5.74, 6) is -1.78. The van der Waals surface area contributed by atoms with Crippen LogP contribution in [0.4, 0.5) is 4.79 Å². The Hall–Kier alpha value is -3.30. The molecule has 36 heavy (non-hydrogen) atoms. The number of ether oxygens (including phenoxy) is 1. The van der Waals surface area contributed by atoms with Crippen molar-refractivity contribution in [3.8, 4) is 5.75 Å². The highest BCUT2D eigenvalue weighted by atomic mass is 16.6. The number of nitrogens with two attached hydrogens (primary N) is 1. The molecule has 0 radical (unpaired) electrons. The van der Waals surface area contributed by atoms with Gasteiger partial charge in [0.05, 0.1) is 0 Å². The van der Waals surface area contributed by atoms with E-state index in [1.807, 2.05) is 13.8 Å². The zero-order valence-electron chi connectivity index (χ0n) is 22.1. The van der Waals surface area contributed by atoms with E-state index in [0.29, 0.717) is 13.0 Å². The second-order valence-corrected chi connectivity index (χ2v) is 9.69. The predicted octanol–water partition coefficient (Wildman–Crippen LogP) is 3.14.